The lowest BCUT2D eigenvalue weighted by atomic mass is 10.1. The predicted octanol–water partition coefficient (Wildman–Crippen LogP) is 3.41. The maximum atomic E-state index is 13.0. The van der Waals surface area contributed by atoms with Gasteiger partial charge in [0, 0.05) is 11.4 Å². The lowest BCUT2D eigenvalue weighted by molar-refractivity contribution is -0.164. The van der Waals surface area contributed by atoms with Crippen LogP contribution in [0.2, 0.25) is 10.0 Å². The first-order chi connectivity index (χ1) is 10.2. The van der Waals surface area contributed by atoms with Gasteiger partial charge < -0.3 is 5.11 Å². The Hall–Kier alpha value is -1.38. The van der Waals surface area contributed by atoms with Gasteiger partial charge in [-0.3, -0.25) is 4.79 Å². The van der Waals surface area contributed by atoms with Crippen molar-refractivity contribution in [2.75, 3.05) is 0 Å². The fourth-order valence-corrected chi connectivity index (χ4v) is 2.25. The quantitative estimate of drug-likeness (QED) is 0.841. The number of hydrogen-bond donors (Lipinski definition) is 1. The fraction of sp³-hybridized carbons (Fsp3) is 0.333. The molecule has 1 aromatic rings. The van der Waals surface area contributed by atoms with Gasteiger partial charge in [-0.2, -0.15) is 10.1 Å². The van der Waals surface area contributed by atoms with Crippen LogP contribution in [0, 0.1) is 0 Å². The Labute approximate surface area is 131 Å². The summed E-state index contributed by atoms with van der Waals surface area (Å²) in [5.41, 5.74) is -4.52. The number of nitrogens with zero attached hydrogens (tertiary/aromatic N) is 2. The number of hydrogen-bond acceptors (Lipinski definition) is 3. The lowest BCUT2D eigenvalue weighted by Crippen LogP contribution is -2.51. The van der Waals surface area contributed by atoms with E-state index in [0.29, 0.717) is 0 Å². The summed E-state index contributed by atoms with van der Waals surface area (Å²) in [6, 6.07) is 3.64. The van der Waals surface area contributed by atoms with Crippen LogP contribution in [0.25, 0.3) is 0 Å². The third kappa shape index (κ3) is 2.90. The minimum Gasteiger partial charge on any atom is -0.364 e. The van der Waals surface area contributed by atoms with Crippen molar-refractivity contribution in [1.29, 1.82) is 0 Å². The molecular formula is C12H8Cl2F4N2O2. The molecule has 1 aliphatic heterocycles. The van der Waals surface area contributed by atoms with Gasteiger partial charge >= 0.3 is 0 Å². The minimum absolute atomic E-state index is 0.0727. The molecule has 0 fully saturated rings. The Kier molecular flexibility index (Phi) is 4.65. The number of amides is 1. The van der Waals surface area contributed by atoms with E-state index in [1.54, 1.807) is 0 Å². The third-order valence-corrected chi connectivity index (χ3v) is 3.55. The van der Waals surface area contributed by atoms with E-state index in [-0.39, 0.29) is 20.6 Å². The first kappa shape index (κ1) is 17.0. The van der Waals surface area contributed by atoms with Crippen LogP contribution in [-0.2, 0) is 0 Å². The smallest absolute Gasteiger partial charge is 0.287 e. The molecule has 4 nitrogen and oxygen atoms in total. The van der Waals surface area contributed by atoms with Crippen LogP contribution in [0.15, 0.2) is 23.3 Å². The summed E-state index contributed by atoms with van der Waals surface area (Å²) in [6.45, 7) is 0. The monoisotopic (exact) mass is 358 g/mol. The molecule has 1 N–H and O–H groups in total. The van der Waals surface area contributed by atoms with Crippen LogP contribution in [0.4, 0.5) is 17.6 Å². The van der Waals surface area contributed by atoms with E-state index in [1.165, 1.54) is 12.1 Å². The second-order valence-electron chi connectivity index (χ2n) is 4.49. The number of carbonyl (C=O) groups is 1. The zero-order chi connectivity index (χ0) is 16.7. The second-order valence-corrected chi connectivity index (χ2v) is 5.33. The summed E-state index contributed by atoms with van der Waals surface area (Å²) >= 11 is 11.5. The molecule has 0 aliphatic carbocycles. The Morgan fingerprint density at radius 1 is 1.32 bits per heavy atom. The van der Waals surface area contributed by atoms with Crippen LogP contribution >= 0.6 is 23.2 Å². The molecule has 0 saturated carbocycles. The van der Waals surface area contributed by atoms with Crippen molar-refractivity contribution in [1.82, 2.24) is 5.01 Å². The van der Waals surface area contributed by atoms with Gasteiger partial charge in [-0.15, -0.1) is 0 Å². The summed E-state index contributed by atoms with van der Waals surface area (Å²) < 4.78 is 51.4. The molecule has 0 spiro atoms. The van der Waals surface area contributed by atoms with E-state index in [9.17, 15) is 27.5 Å². The molecule has 0 unspecified atom stereocenters. The standard InChI is InChI=1S/C12H8Cl2F4N2O2/c13-5-1-2-7(14)6(3-5)10(21)20-12(22,11(17)18)4-8(19-20)9(15)16/h1-3,9,11,22H,4H2/t12-/m0/s1. The molecular weight excluding hydrogens is 351 g/mol. The van der Waals surface area contributed by atoms with Crippen LogP contribution in [0.3, 0.4) is 0 Å². The van der Waals surface area contributed by atoms with Crippen LogP contribution in [-0.4, -0.2) is 40.3 Å². The lowest BCUT2D eigenvalue weighted by Gasteiger charge is -2.30. The van der Waals surface area contributed by atoms with Crippen molar-refractivity contribution < 1.29 is 27.5 Å². The predicted molar refractivity (Wildman–Crippen MR) is 71.6 cm³/mol. The number of carbonyl (C=O) groups excluding carboxylic acids is 1. The van der Waals surface area contributed by atoms with Crippen LogP contribution in [0.1, 0.15) is 16.8 Å². The van der Waals surface area contributed by atoms with Crippen molar-refractivity contribution in [2.45, 2.75) is 25.0 Å². The molecule has 120 valence electrons. The SMILES string of the molecule is O=C(c1cc(Cl)ccc1Cl)N1N=C(C(F)F)C[C@]1(O)C(F)F. The van der Waals surface area contributed by atoms with E-state index in [1.807, 2.05) is 0 Å². The summed E-state index contributed by atoms with van der Waals surface area (Å²) in [5, 5.41) is 12.9. The Bertz CT molecular complexity index is 642. The maximum absolute atomic E-state index is 13.0. The summed E-state index contributed by atoms with van der Waals surface area (Å²) in [4.78, 5) is 12.2. The highest BCUT2D eigenvalue weighted by Gasteiger charge is 2.53. The topological polar surface area (TPSA) is 52.9 Å². The average Bonchev–Trinajstić information content (AvgIpc) is 2.80. The van der Waals surface area contributed by atoms with E-state index >= 15 is 0 Å². The van der Waals surface area contributed by atoms with Crippen molar-refractivity contribution >= 4 is 34.8 Å². The zero-order valence-electron chi connectivity index (χ0n) is 10.6. The fourth-order valence-electron chi connectivity index (χ4n) is 1.88. The van der Waals surface area contributed by atoms with Crippen molar-refractivity contribution in [2.24, 2.45) is 5.10 Å². The first-order valence-electron chi connectivity index (χ1n) is 5.82. The van der Waals surface area contributed by atoms with Gasteiger partial charge in [-0.05, 0) is 18.2 Å². The third-order valence-electron chi connectivity index (χ3n) is 2.99. The molecule has 0 aromatic heterocycles. The molecule has 0 radical (unpaired) electrons. The number of aliphatic hydroxyl groups is 1. The molecule has 2 rings (SSSR count). The number of rotatable bonds is 3. The summed E-state index contributed by atoms with van der Waals surface area (Å²) in [7, 11) is 0. The van der Waals surface area contributed by atoms with Gasteiger partial charge in [0.1, 0.15) is 5.71 Å². The molecule has 1 amide bonds. The summed E-state index contributed by atoms with van der Waals surface area (Å²) in [6.07, 6.45) is -7.85. The van der Waals surface area contributed by atoms with Crippen molar-refractivity contribution in [3.8, 4) is 0 Å². The largest absolute Gasteiger partial charge is 0.364 e. The maximum Gasteiger partial charge on any atom is 0.287 e. The van der Waals surface area contributed by atoms with E-state index in [4.69, 9.17) is 23.2 Å². The average molecular weight is 359 g/mol. The second kappa shape index (κ2) is 6.02. The molecule has 1 aromatic carbocycles. The minimum atomic E-state index is -3.51. The number of hydrazone groups is 1. The molecule has 22 heavy (non-hydrogen) atoms. The van der Waals surface area contributed by atoms with E-state index in [2.05, 4.69) is 5.10 Å². The Balaban J connectivity index is 2.47. The first-order valence-corrected chi connectivity index (χ1v) is 6.58. The Morgan fingerprint density at radius 2 is 1.95 bits per heavy atom. The molecule has 0 bridgehead atoms. The number of benzene rings is 1. The van der Waals surface area contributed by atoms with E-state index in [0.717, 1.165) is 6.07 Å². The normalized spacial score (nSPS) is 21.7. The van der Waals surface area contributed by atoms with Gasteiger partial charge in [-0.1, -0.05) is 23.2 Å². The zero-order valence-corrected chi connectivity index (χ0v) is 12.1. The van der Waals surface area contributed by atoms with Gasteiger partial charge in [0.2, 0.25) is 5.72 Å². The van der Waals surface area contributed by atoms with Crippen molar-refractivity contribution in [3.05, 3.63) is 33.8 Å². The molecule has 1 heterocycles. The number of alkyl halides is 4. The molecule has 1 aliphatic rings. The van der Waals surface area contributed by atoms with Crippen molar-refractivity contribution in [3.63, 3.8) is 0 Å². The summed E-state index contributed by atoms with van der Waals surface area (Å²) in [5.74, 6) is -1.26. The van der Waals surface area contributed by atoms with Crippen LogP contribution in [0.5, 0.6) is 0 Å². The Morgan fingerprint density at radius 3 is 2.50 bits per heavy atom. The van der Waals surface area contributed by atoms with Gasteiger partial charge in [0.15, 0.2) is 0 Å². The van der Waals surface area contributed by atoms with Gasteiger partial charge in [0.25, 0.3) is 18.8 Å². The van der Waals surface area contributed by atoms with Crippen LogP contribution < -0.4 is 0 Å². The highest BCUT2D eigenvalue weighted by Crippen LogP contribution is 2.35. The van der Waals surface area contributed by atoms with Gasteiger partial charge in [-0.25, -0.2) is 17.6 Å². The van der Waals surface area contributed by atoms with Gasteiger partial charge in [0.05, 0.1) is 10.6 Å². The van der Waals surface area contributed by atoms with E-state index < -0.39 is 36.6 Å². The highest BCUT2D eigenvalue weighted by atomic mass is 35.5. The number of halogens is 6. The molecule has 1 atom stereocenters. The highest BCUT2D eigenvalue weighted by molar-refractivity contribution is 6.35. The molecule has 0 saturated heterocycles. The molecule has 10 heteroatoms.